The minimum absolute atomic E-state index is 0.580. The summed E-state index contributed by atoms with van der Waals surface area (Å²) >= 11 is 3.70. The Bertz CT molecular complexity index is 456. The van der Waals surface area contributed by atoms with Crippen molar-refractivity contribution in [2.24, 2.45) is 0 Å². The molecule has 0 spiro atoms. The lowest BCUT2D eigenvalue weighted by Crippen LogP contribution is -2.10. The Morgan fingerprint density at radius 2 is 2.17 bits per heavy atom. The molecule has 2 aliphatic rings. The molecule has 3 rings (SSSR count). The number of nitrogens with one attached hydrogen (secondary N) is 1. The largest absolute Gasteiger partial charge is 0.490 e. The van der Waals surface area contributed by atoms with E-state index in [4.69, 9.17) is 9.47 Å². The van der Waals surface area contributed by atoms with Crippen molar-refractivity contribution >= 4 is 15.9 Å². The van der Waals surface area contributed by atoms with Gasteiger partial charge in [-0.3, -0.25) is 0 Å². The van der Waals surface area contributed by atoms with Crippen molar-refractivity contribution in [1.82, 2.24) is 5.32 Å². The summed E-state index contributed by atoms with van der Waals surface area (Å²) in [6, 6.07) is 2.07. The van der Waals surface area contributed by atoms with Gasteiger partial charge in [0.25, 0.3) is 0 Å². The summed E-state index contributed by atoms with van der Waals surface area (Å²) in [5, 5.41) is 3.42. The van der Waals surface area contributed by atoms with Crippen molar-refractivity contribution in [3.8, 4) is 11.5 Å². The summed E-state index contributed by atoms with van der Waals surface area (Å²) in [6.07, 6.45) is 2.14. The topological polar surface area (TPSA) is 30.5 Å². The molecule has 0 aliphatic carbocycles. The molecule has 0 amide bonds. The van der Waals surface area contributed by atoms with Crippen LogP contribution in [0.5, 0.6) is 11.5 Å². The zero-order valence-corrected chi connectivity index (χ0v) is 12.2. The third kappa shape index (κ3) is 2.12. The van der Waals surface area contributed by atoms with Gasteiger partial charge in [-0.05, 0) is 43.0 Å². The van der Waals surface area contributed by atoms with Crippen LogP contribution in [-0.4, -0.2) is 26.3 Å². The van der Waals surface area contributed by atoms with Gasteiger partial charge in [0.05, 0.1) is 13.2 Å². The van der Waals surface area contributed by atoms with Crippen molar-refractivity contribution < 1.29 is 9.47 Å². The predicted molar refractivity (Wildman–Crippen MR) is 74.7 cm³/mol. The van der Waals surface area contributed by atoms with Crippen LogP contribution >= 0.6 is 15.9 Å². The molecule has 18 heavy (non-hydrogen) atoms. The molecule has 2 aliphatic heterocycles. The van der Waals surface area contributed by atoms with E-state index in [0.29, 0.717) is 5.92 Å². The molecule has 4 heteroatoms. The molecule has 3 nitrogen and oxygen atoms in total. The van der Waals surface area contributed by atoms with Crippen molar-refractivity contribution in [2.75, 3.05) is 26.3 Å². The van der Waals surface area contributed by atoms with E-state index >= 15 is 0 Å². The summed E-state index contributed by atoms with van der Waals surface area (Å²) < 4.78 is 12.8. The molecule has 98 valence electrons. The molecule has 0 bridgehead atoms. The van der Waals surface area contributed by atoms with Gasteiger partial charge in [-0.2, -0.15) is 0 Å². The molecule has 0 aromatic heterocycles. The van der Waals surface area contributed by atoms with Gasteiger partial charge in [0.1, 0.15) is 0 Å². The standard InChI is InChI=1S/C14H18BrNO2/c1-9-13(10-3-4-16-8-10)11(15)7-12-14(9)18-6-2-5-17-12/h7,10,16H,2-6,8H2,1H3. The molecule has 0 radical (unpaired) electrons. The van der Waals surface area contributed by atoms with Gasteiger partial charge in [0, 0.05) is 17.4 Å². The summed E-state index contributed by atoms with van der Waals surface area (Å²) in [6.45, 7) is 5.79. The van der Waals surface area contributed by atoms with E-state index in [1.807, 2.05) is 0 Å². The lowest BCUT2D eigenvalue weighted by Gasteiger charge is -2.19. The molecule has 2 heterocycles. The Balaban J connectivity index is 2.06. The number of hydrogen-bond donors (Lipinski definition) is 1. The molecule has 1 saturated heterocycles. The number of halogens is 1. The predicted octanol–water partition coefficient (Wildman–Crippen LogP) is 3.00. The van der Waals surface area contributed by atoms with Crippen LogP contribution in [-0.2, 0) is 0 Å². The maximum Gasteiger partial charge on any atom is 0.164 e. The summed E-state index contributed by atoms with van der Waals surface area (Å²) in [7, 11) is 0. The summed E-state index contributed by atoms with van der Waals surface area (Å²) in [5.74, 6) is 2.40. The van der Waals surface area contributed by atoms with Crippen LogP contribution in [0.3, 0.4) is 0 Å². The summed E-state index contributed by atoms with van der Waals surface area (Å²) in [5.41, 5.74) is 2.61. The minimum atomic E-state index is 0.580. The Morgan fingerprint density at radius 3 is 2.94 bits per heavy atom. The Hall–Kier alpha value is -0.740. The highest BCUT2D eigenvalue weighted by Crippen LogP contribution is 2.43. The molecule has 1 unspecified atom stereocenters. The Morgan fingerprint density at radius 1 is 1.33 bits per heavy atom. The first-order valence-corrected chi connectivity index (χ1v) is 7.36. The fourth-order valence-electron chi connectivity index (χ4n) is 2.85. The second kappa shape index (κ2) is 5.10. The average molecular weight is 312 g/mol. The number of rotatable bonds is 1. The Kier molecular flexibility index (Phi) is 3.48. The number of benzene rings is 1. The van der Waals surface area contributed by atoms with Gasteiger partial charge >= 0.3 is 0 Å². The van der Waals surface area contributed by atoms with Gasteiger partial charge in [0.15, 0.2) is 11.5 Å². The van der Waals surface area contributed by atoms with E-state index in [1.54, 1.807) is 0 Å². The lowest BCUT2D eigenvalue weighted by atomic mass is 9.93. The van der Waals surface area contributed by atoms with Crippen LogP contribution in [0.2, 0.25) is 0 Å². The second-order valence-electron chi connectivity index (χ2n) is 4.96. The van der Waals surface area contributed by atoms with E-state index in [0.717, 1.165) is 48.7 Å². The first-order chi connectivity index (χ1) is 8.77. The molecular weight excluding hydrogens is 294 g/mol. The van der Waals surface area contributed by atoms with Crippen molar-refractivity contribution in [1.29, 1.82) is 0 Å². The van der Waals surface area contributed by atoms with Gasteiger partial charge in [0.2, 0.25) is 0 Å². The molecule has 1 fully saturated rings. The monoisotopic (exact) mass is 311 g/mol. The molecule has 1 aromatic carbocycles. The number of hydrogen-bond acceptors (Lipinski definition) is 3. The number of fused-ring (bicyclic) bond motifs is 1. The maximum atomic E-state index is 5.87. The van der Waals surface area contributed by atoms with Gasteiger partial charge in [-0.1, -0.05) is 15.9 Å². The third-order valence-corrected chi connectivity index (χ3v) is 4.40. The van der Waals surface area contributed by atoms with Gasteiger partial charge in [-0.15, -0.1) is 0 Å². The van der Waals surface area contributed by atoms with E-state index in [2.05, 4.69) is 34.2 Å². The Labute approximate surface area is 116 Å². The van der Waals surface area contributed by atoms with E-state index in [1.165, 1.54) is 17.5 Å². The molecule has 0 saturated carbocycles. The molecule has 1 N–H and O–H groups in total. The van der Waals surface area contributed by atoms with Crippen molar-refractivity contribution in [2.45, 2.75) is 25.7 Å². The van der Waals surface area contributed by atoms with Crippen LogP contribution in [0.25, 0.3) is 0 Å². The van der Waals surface area contributed by atoms with E-state index in [-0.39, 0.29) is 0 Å². The van der Waals surface area contributed by atoms with Crippen LogP contribution in [0, 0.1) is 6.92 Å². The van der Waals surface area contributed by atoms with E-state index in [9.17, 15) is 0 Å². The summed E-state index contributed by atoms with van der Waals surface area (Å²) in [4.78, 5) is 0. The fraction of sp³-hybridized carbons (Fsp3) is 0.571. The van der Waals surface area contributed by atoms with Gasteiger partial charge < -0.3 is 14.8 Å². The fourth-order valence-corrected chi connectivity index (χ4v) is 3.68. The SMILES string of the molecule is Cc1c2c(cc(Br)c1C1CCNC1)OCCCO2. The van der Waals surface area contributed by atoms with Gasteiger partial charge in [-0.25, -0.2) is 0 Å². The second-order valence-corrected chi connectivity index (χ2v) is 5.82. The van der Waals surface area contributed by atoms with Crippen LogP contribution < -0.4 is 14.8 Å². The number of ether oxygens (including phenoxy) is 2. The molecule has 1 aromatic rings. The highest BCUT2D eigenvalue weighted by Gasteiger charge is 2.25. The van der Waals surface area contributed by atoms with Crippen molar-refractivity contribution in [3.63, 3.8) is 0 Å². The van der Waals surface area contributed by atoms with Crippen molar-refractivity contribution in [3.05, 3.63) is 21.7 Å². The normalized spacial score (nSPS) is 22.9. The van der Waals surface area contributed by atoms with E-state index < -0.39 is 0 Å². The zero-order valence-electron chi connectivity index (χ0n) is 10.6. The molecule has 1 atom stereocenters. The highest BCUT2D eigenvalue weighted by atomic mass is 79.9. The maximum absolute atomic E-state index is 5.87. The first kappa shape index (κ1) is 12.3. The van der Waals surface area contributed by atoms with Crippen LogP contribution in [0.1, 0.15) is 29.9 Å². The van der Waals surface area contributed by atoms with Crippen LogP contribution in [0.4, 0.5) is 0 Å². The first-order valence-electron chi connectivity index (χ1n) is 6.56. The average Bonchev–Trinajstić information content (AvgIpc) is 2.75. The third-order valence-electron chi connectivity index (χ3n) is 3.74. The molecular formula is C14H18BrNO2. The minimum Gasteiger partial charge on any atom is -0.490 e. The lowest BCUT2D eigenvalue weighted by molar-refractivity contribution is 0.296. The highest BCUT2D eigenvalue weighted by molar-refractivity contribution is 9.10. The quantitative estimate of drug-likeness (QED) is 0.865. The van der Waals surface area contributed by atoms with Crippen LogP contribution in [0.15, 0.2) is 10.5 Å². The smallest absolute Gasteiger partial charge is 0.164 e. The zero-order chi connectivity index (χ0) is 12.5.